The minimum absolute atomic E-state index is 0.217. The average Bonchev–Trinajstić information content (AvgIpc) is 3.26. The molecular formula is C55H49N. The van der Waals surface area contributed by atoms with Crippen LogP contribution < -0.4 is 4.90 Å². The highest BCUT2D eigenvalue weighted by atomic mass is 15.1. The first kappa shape index (κ1) is 35.5. The predicted octanol–water partition coefficient (Wildman–Crippen LogP) is 14.9. The van der Waals surface area contributed by atoms with E-state index in [0.29, 0.717) is 11.8 Å². The third-order valence-corrected chi connectivity index (χ3v) is 12.3. The molecule has 0 fully saturated rings. The molecule has 2 atom stereocenters. The van der Waals surface area contributed by atoms with Gasteiger partial charge in [-0.15, -0.1) is 0 Å². The molecule has 4 aliphatic rings. The van der Waals surface area contributed by atoms with Crippen molar-refractivity contribution in [1.82, 2.24) is 0 Å². The zero-order chi connectivity index (χ0) is 38.2. The quantitative estimate of drug-likeness (QED) is 0.137. The van der Waals surface area contributed by atoms with Gasteiger partial charge in [0, 0.05) is 22.5 Å². The summed E-state index contributed by atoms with van der Waals surface area (Å²) in [5, 5.41) is 2.68. The number of nitrogens with zero attached hydrogens (tertiary/aromatic N) is 1. The van der Waals surface area contributed by atoms with Crippen LogP contribution in [0.5, 0.6) is 0 Å². The maximum absolute atomic E-state index is 4.04. The summed E-state index contributed by atoms with van der Waals surface area (Å²) in [4.78, 5) is 2.43. The van der Waals surface area contributed by atoms with Gasteiger partial charge < -0.3 is 4.90 Å². The van der Waals surface area contributed by atoms with Gasteiger partial charge in [-0.3, -0.25) is 0 Å². The van der Waals surface area contributed by atoms with Gasteiger partial charge in [0.2, 0.25) is 0 Å². The molecule has 5 aromatic rings. The van der Waals surface area contributed by atoms with Gasteiger partial charge >= 0.3 is 0 Å². The van der Waals surface area contributed by atoms with Gasteiger partial charge in [0.05, 0.1) is 0 Å². The lowest BCUT2D eigenvalue weighted by Gasteiger charge is -2.38. The first-order chi connectivity index (χ1) is 27.4. The van der Waals surface area contributed by atoms with E-state index < -0.39 is 0 Å². The number of hydrogen-bond acceptors (Lipinski definition) is 1. The molecule has 0 aromatic heterocycles. The van der Waals surface area contributed by atoms with E-state index in [0.717, 1.165) is 42.5 Å². The third kappa shape index (κ3) is 6.32. The van der Waals surface area contributed by atoms with Gasteiger partial charge in [0.15, 0.2) is 0 Å². The summed E-state index contributed by atoms with van der Waals surface area (Å²) in [5.74, 6) is 0.895. The Labute approximate surface area is 333 Å². The van der Waals surface area contributed by atoms with Crippen molar-refractivity contribution in [2.75, 3.05) is 4.90 Å². The monoisotopic (exact) mass is 723 g/mol. The second kappa shape index (κ2) is 14.8. The van der Waals surface area contributed by atoms with Crippen LogP contribution in [0.3, 0.4) is 0 Å². The molecule has 0 heterocycles. The highest BCUT2D eigenvalue weighted by molar-refractivity contribution is 6.09. The molecule has 1 nitrogen and oxygen atoms in total. The van der Waals surface area contributed by atoms with Crippen molar-refractivity contribution in [1.29, 1.82) is 0 Å². The van der Waals surface area contributed by atoms with Crippen molar-refractivity contribution >= 4 is 38.9 Å². The number of fused-ring (bicyclic) bond motifs is 2. The van der Waals surface area contributed by atoms with Crippen LogP contribution in [0.15, 0.2) is 195 Å². The Hall–Kier alpha value is -6.18. The Bertz CT molecular complexity index is 2580. The first-order valence-electron chi connectivity index (χ1n) is 20.2. The van der Waals surface area contributed by atoms with Gasteiger partial charge in [-0.25, -0.2) is 0 Å². The van der Waals surface area contributed by atoms with Crippen LogP contribution in [0.2, 0.25) is 0 Å². The van der Waals surface area contributed by atoms with Crippen LogP contribution in [0, 0.1) is 11.8 Å². The van der Waals surface area contributed by atoms with Gasteiger partial charge in [-0.2, -0.15) is 0 Å². The highest BCUT2D eigenvalue weighted by Crippen LogP contribution is 2.53. The Morgan fingerprint density at radius 3 is 2.34 bits per heavy atom. The standard InChI is InChI=1S/C55H49N/c1-5-17-38(6-2)41-26-29-47(30-27-41)56(46-23-14-9-15-24-46)48-31-33-50-52(37-48)55(3,4)51-25-16-22-42-28-32-49(54(50)53(42)51)45-35-43(39-18-10-7-11-19-39)34-44(36-45)40-20-12-8-13-21-40/h5-8,10-14,16-20,22-33,35-37,40,44H,1-2,9,15,21,34H2,3-4H3/b38-17+. The summed E-state index contributed by atoms with van der Waals surface area (Å²) in [6.07, 6.45) is 31.1. The van der Waals surface area contributed by atoms with Crippen molar-refractivity contribution in [2.24, 2.45) is 11.8 Å². The molecule has 4 aliphatic carbocycles. The minimum Gasteiger partial charge on any atom is -0.311 e. The van der Waals surface area contributed by atoms with Crippen molar-refractivity contribution in [2.45, 2.75) is 44.9 Å². The molecule has 0 N–H and O–H groups in total. The average molecular weight is 724 g/mol. The molecule has 0 saturated carbocycles. The molecule has 1 heteroatoms. The maximum Gasteiger partial charge on any atom is 0.0464 e. The molecule has 0 aliphatic heterocycles. The van der Waals surface area contributed by atoms with Crippen molar-refractivity contribution in [3.05, 3.63) is 223 Å². The molecule has 274 valence electrons. The van der Waals surface area contributed by atoms with Crippen LogP contribution in [-0.2, 0) is 5.41 Å². The lowest BCUT2D eigenvalue weighted by atomic mass is 9.66. The second-order valence-electron chi connectivity index (χ2n) is 16.0. The molecule has 0 bridgehead atoms. The van der Waals surface area contributed by atoms with Gasteiger partial charge in [0.25, 0.3) is 0 Å². The minimum atomic E-state index is -0.217. The molecule has 5 aromatic carbocycles. The topological polar surface area (TPSA) is 3.24 Å². The zero-order valence-electron chi connectivity index (χ0n) is 32.6. The molecule has 0 spiro atoms. The number of benzene rings is 5. The summed E-state index contributed by atoms with van der Waals surface area (Å²) in [6, 6.07) is 38.7. The Morgan fingerprint density at radius 2 is 1.59 bits per heavy atom. The van der Waals surface area contributed by atoms with Crippen LogP contribution in [0.25, 0.3) is 38.6 Å². The van der Waals surface area contributed by atoms with Crippen LogP contribution in [-0.4, -0.2) is 0 Å². The molecule has 0 saturated heterocycles. The number of hydrogen-bond donors (Lipinski definition) is 0. The largest absolute Gasteiger partial charge is 0.311 e. The summed E-state index contributed by atoms with van der Waals surface area (Å²) in [6.45, 7) is 12.8. The van der Waals surface area contributed by atoms with E-state index in [9.17, 15) is 0 Å². The Morgan fingerprint density at radius 1 is 0.768 bits per heavy atom. The van der Waals surface area contributed by atoms with Gasteiger partial charge in [-0.05, 0) is 134 Å². The molecule has 9 rings (SSSR count). The highest BCUT2D eigenvalue weighted by Gasteiger charge is 2.36. The first-order valence-corrected chi connectivity index (χ1v) is 20.2. The molecule has 56 heavy (non-hydrogen) atoms. The normalized spacial score (nSPS) is 19.5. The van der Waals surface area contributed by atoms with Crippen LogP contribution in [0.4, 0.5) is 11.4 Å². The summed E-state index contributed by atoms with van der Waals surface area (Å²) in [7, 11) is 0. The van der Waals surface area contributed by atoms with E-state index >= 15 is 0 Å². The predicted molar refractivity (Wildman–Crippen MR) is 242 cm³/mol. The molecule has 2 unspecified atom stereocenters. The summed E-state index contributed by atoms with van der Waals surface area (Å²) < 4.78 is 0. The van der Waals surface area contributed by atoms with E-state index in [1.807, 2.05) is 18.2 Å². The number of allylic oxidation sites excluding steroid dienone is 15. The SMILES string of the molecule is C=C/C=C(\C=C)c1ccc(N(C2=CCCC=C2)c2ccc3c(c2)C(C)(C)c2cccc4ccc(C5=CC(C6C=CC=CC6)CC(c6ccccc6)=C5)c-3c24)cc1. The van der Waals surface area contributed by atoms with Crippen molar-refractivity contribution in [3.63, 3.8) is 0 Å². The third-order valence-electron chi connectivity index (χ3n) is 12.3. The number of rotatable bonds is 9. The van der Waals surface area contributed by atoms with Crippen LogP contribution in [0.1, 0.15) is 67.3 Å². The Balaban J connectivity index is 1.22. The molecular weight excluding hydrogens is 675 g/mol. The second-order valence-corrected chi connectivity index (χ2v) is 16.0. The Kier molecular flexibility index (Phi) is 9.39. The van der Waals surface area contributed by atoms with Crippen molar-refractivity contribution < 1.29 is 0 Å². The van der Waals surface area contributed by atoms with E-state index in [-0.39, 0.29) is 5.41 Å². The summed E-state index contributed by atoms with van der Waals surface area (Å²) >= 11 is 0. The van der Waals surface area contributed by atoms with E-state index in [2.05, 4.69) is 190 Å². The van der Waals surface area contributed by atoms with E-state index in [1.165, 1.54) is 66.7 Å². The van der Waals surface area contributed by atoms with Crippen molar-refractivity contribution in [3.8, 4) is 11.1 Å². The molecule has 0 radical (unpaired) electrons. The van der Waals surface area contributed by atoms with Gasteiger partial charge in [-0.1, -0.05) is 173 Å². The fourth-order valence-electron chi connectivity index (χ4n) is 9.45. The summed E-state index contributed by atoms with van der Waals surface area (Å²) in [5.41, 5.74) is 16.3. The molecule has 0 amide bonds. The smallest absolute Gasteiger partial charge is 0.0464 e. The fourth-order valence-corrected chi connectivity index (χ4v) is 9.45. The lowest BCUT2D eigenvalue weighted by Crippen LogP contribution is -2.25. The zero-order valence-corrected chi connectivity index (χ0v) is 32.6. The maximum atomic E-state index is 4.04. The van der Waals surface area contributed by atoms with Crippen LogP contribution >= 0.6 is 0 Å². The van der Waals surface area contributed by atoms with E-state index in [1.54, 1.807) is 0 Å². The van der Waals surface area contributed by atoms with Gasteiger partial charge in [0.1, 0.15) is 0 Å². The lowest BCUT2D eigenvalue weighted by molar-refractivity contribution is 0.484. The van der Waals surface area contributed by atoms with E-state index in [4.69, 9.17) is 0 Å². The fraction of sp³-hybridized carbons (Fsp3) is 0.164. The number of anilines is 2.